The highest BCUT2D eigenvalue weighted by Gasteiger charge is 2.26. The van der Waals surface area contributed by atoms with Gasteiger partial charge in [-0.25, -0.2) is 0 Å². The van der Waals surface area contributed by atoms with Crippen molar-refractivity contribution in [3.63, 3.8) is 0 Å². The van der Waals surface area contributed by atoms with Gasteiger partial charge in [0.15, 0.2) is 5.84 Å². The Morgan fingerprint density at radius 2 is 2.00 bits per heavy atom. The lowest BCUT2D eigenvalue weighted by Gasteiger charge is -2.18. The number of hydrogen-bond acceptors (Lipinski definition) is 4. The lowest BCUT2D eigenvalue weighted by molar-refractivity contribution is -0.119. The second kappa shape index (κ2) is 8.14. The fraction of sp³-hybridized carbons (Fsp3) is 0.467. The second-order valence-electron chi connectivity index (χ2n) is 5.11. The van der Waals surface area contributed by atoms with E-state index in [0.29, 0.717) is 12.3 Å². The van der Waals surface area contributed by atoms with Crippen LogP contribution in [0.1, 0.15) is 27.2 Å². The molecular weight excluding hydrogens is 270 g/mol. The molecule has 0 aliphatic rings. The average Bonchev–Trinajstić information content (AvgIpc) is 2.46. The normalized spacial score (nSPS) is 13.0. The van der Waals surface area contributed by atoms with E-state index in [-0.39, 0.29) is 17.7 Å². The number of amides is 1. The van der Waals surface area contributed by atoms with Crippen molar-refractivity contribution in [3.8, 4) is 5.75 Å². The maximum absolute atomic E-state index is 12.2. The van der Waals surface area contributed by atoms with E-state index in [1.54, 1.807) is 24.3 Å². The maximum Gasteiger partial charge on any atom is 0.235 e. The van der Waals surface area contributed by atoms with Crippen molar-refractivity contribution >= 4 is 17.4 Å². The summed E-state index contributed by atoms with van der Waals surface area (Å²) < 4.78 is 5.47. The summed E-state index contributed by atoms with van der Waals surface area (Å²) in [5.41, 5.74) is 6.21. The number of oxime groups is 1. The number of nitrogens with zero attached hydrogens (tertiary/aromatic N) is 1. The van der Waals surface area contributed by atoms with Crippen LogP contribution in [0, 0.1) is 11.8 Å². The summed E-state index contributed by atoms with van der Waals surface area (Å²) in [5.74, 6) is -0.390. The Bertz CT molecular complexity index is 483. The molecule has 4 N–H and O–H groups in total. The Hall–Kier alpha value is -2.24. The number of carbonyl (C=O) groups excluding carboxylic acids is 1. The van der Waals surface area contributed by atoms with Crippen LogP contribution in [-0.4, -0.2) is 23.6 Å². The first kappa shape index (κ1) is 16.8. The van der Waals surface area contributed by atoms with E-state index in [1.165, 1.54) is 0 Å². The zero-order valence-corrected chi connectivity index (χ0v) is 12.7. The highest BCUT2D eigenvalue weighted by molar-refractivity contribution is 6.07. The van der Waals surface area contributed by atoms with E-state index in [0.717, 1.165) is 12.2 Å². The van der Waals surface area contributed by atoms with Crippen LogP contribution in [0.2, 0.25) is 0 Å². The minimum Gasteiger partial charge on any atom is -0.494 e. The summed E-state index contributed by atoms with van der Waals surface area (Å²) >= 11 is 0. The summed E-state index contributed by atoms with van der Waals surface area (Å²) in [5, 5.41) is 14.4. The summed E-state index contributed by atoms with van der Waals surface area (Å²) in [6.45, 7) is 6.37. The molecule has 0 aliphatic heterocycles. The Balaban J connectivity index is 2.73. The van der Waals surface area contributed by atoms with Crippen molar-refractivity contribution in [2.45, 2.75) is 27.2 Å². The summed E-state index contributed by atoms with van der Waals surface area (Å²) in [6, 6.07) is 7.09. The molecule has 1 aromatic rings. The van der Waals surface area contributed by atoms with E-state index in [9.17, 15) is 4.79 Å². The molecule has 6 heteroatoms. The van der Waals surface area contributed by atoms with Gasteiger partial charge in [-0.2, -0.15) is 0 Å². The van der Waals surface area contributed by atoms with Crippen molar-refractivity contribution in [1.29, 1.82) is 0 Å². The van der Waals surface area contributed by atoms with Gasteiger partial charge in [-0.05, 0) is 36.6 Å². The van der Waals surface area contributed by atoms with Crippen LogP contribution in [-0.2, 0) is 4.79 Å². The molecule has 0 aliphatic carbocycles. The summed E-state index contributed by atoms with van der Waals surface area (Å²) in [4.78, 5) is 12.2. The number of benzene rings is 1. The van der Waals surface area contributed by atoms with Gasteiger partial charge < -0.3 is 21.0 Å². The number of amidine groups is 1. The van der Waals surface area contributed by atoms with E-state index < -0.39 is 5.92 Å². The van der Waals surface area contributed by atoms with Crippen LogP contribution in [0.3, 0.4) is 0 Å². The predicted molar refractivity (Wildman–Crippen MR) is 82.6 cm³/mol. The Morgan fingerprint density at radius 3 is 2.48 bits per heavy atom. The first-order valence-corrected chi connectivity index (χ1v) is 7.00. The highest BCUT2D eigenvalue weighted by Crippen LogP contribution is 2.18. The van der Waals surface area contributed by atoms with Crippen LogP contribution in [0.25, 0.3) is 0 Å². The molecule has 6 nitrogen and oxygen atoms in total. The average molecular weight is 293 g/mol. The van der Waals surface area contributed by atoms with Gasteiger partial charge in [0.05, 0.1) is 6.61 Å². The van der Waals surface area contributed by atoms with Crippen LogP contribution >= 0.6 is 0 Å². The smallest absolute Gasteiger partial charge is 0.235 e. The minimum absolute atomic E-state index is 0.0759. The van der Waals surface area contributed by atoms with Gasteiger partial charge in [0, 0.05) is 5.69 Å². The third-order valence-corrected chi connectivity index (χ3v) is 2.98. The Labute approximate surface area is 125 Å². The number of ether oxygens (including phenoxy) is 1. The first-order chi connectivity index (χ1) is 9.99. The number of carbonyl (C=O) groups is 1. The van der Waals surface area contributed by atoms with Crippen molar-refractivity contribution in [2.75, 3.05) is 11.9 Å². The molecule has 1 amide bonds. The van der Waals surface area contributed by atoms with Gasteiger partial charge in [-0.1, -0.05) is 25.9 Å². The van der Waals surface area contributed by atoms with Crippen molar-refractivity contribution in [1.82, 2.24) is 0 Å². The summed E-state index contributed by atoms with van der Waals surface area (Å²) in [6.07, 6.45) is 0.939. The molecule has 1 rings (SSSR count). The van der Waals surface area contributed by atoms with Gasteiger partial charge in [-0.15, -0.1) is 0 Å². The van der Waals surface area contributed by atoms with Gasteiger partial charge >= 0.3 is 0 Å². The van der Waals surface area contributed by atoms with E-state index >= 15 is 0 Å². The predicted octanol–water partition coefficient (Wildman–Crippen LogP) is 2.43. The number of hydrogen-bond donors (Lipinski definition) is 3. The largest absolute Gasteiger partial charge is 0.494 e. The van der Waals surface area contributed by atoms with Crippen molar-refractivity contribution in [2.24, 2.45) is 22.7 Å². The third kappa shape index (κ3) is 4.98. The Kier molecular flexibility index (Phi) is 6.52. The monoisotopic (exact) mass is 293 g/mol. The number of nitrogens with one attached hydrogen (secondary N) is 1. The molecule has 0 heterocycles. The van der Waals surface area contributed by atoms with E-state index in [4.69, 9.17) is 15.7 Å². The van der Waals surface area contributed by atoms with Crippen LogP contribution in [0.15, 0.2) is 29.4 Å². The lowest BCUT2D eigenvalue weighted by Crippen LogP contribution is -2.38. The Morgan fingerprint density at radius 1 is 1.38 bits per heavy atom. The molecule has 0 saturated heterocycles. The maximum atomic E-state index is 12.2. The molecule has 0 radical (unpaired) electrons. The fourth-order valence-electron chi connectivity index (χ4n) is 1.92. The first-order valence-electron chi connectivity index (χ1n) is 7.00. The van der Waals surface area contributed by atoms with Crippen LogP contribution in [0.5, 0.6) is 5.75 Å². The SMILES string of the molecule is CCCOc1ccc(NC(=O)C(C(N)=NO)C(C)C)cc1. The van der Waals surface area contributed by atoms with Crippen LogP contribution in [0.4, 0.5) is 5.69 Å². The summed E-state index contributed by atoms with van der Waals surface area (Å²) in [7, 11) is 0. The van der Waals surface area contributed by atoms with E-state index in [2.05, 4.69) is 10.5 Å². The number of anilines is 1. The molecule has 1 atom stereocenters. The fourth-order valence-corrected chi connectivity index (χ4v) is 1.92. The standard InChI is InChI=1S/C15H23N3O3/c1-4-9-21-12-7-5-11(6-8-12)17-15(19)13(10(2)3)14(16)18-20/h5-8,10,13,20H,4,9H2,1-3H3,(H2,16,18)(H,17,19). The van der Waals surface area contributed by atoms with Gasteiger partial charge in [-0.3, -0.25) is 4.79 Å². The third-order valence-electron chi connectivity index (χ3n) is 2.98. The van der Waals surface area contributed by atoms with E-state index in [1.807, 2.05) is 20.8 Å². The molecule has 1 unspecified atom stereocenters. The molecule has 1 aromatic carbocycles. The topological polar surface area (TPSA) is 96.9 Å². The van der Waals surface area contributed by atoms with Gasteiger partial charge in [0.2, 0.25) is 5.91 Å². The minimum atomic E-state index is -0.675. The second-order valence-corrected chi connectivity index (χ2v) is 5.11. The lowest BCUT2D eigenvalue weighted by atomic mass is 9.94. The molecule has 0 spiro atoms. The molecular formula is C15H23N3O3. The van der Waals surface area contributed by atoms with Crippen molar-refractivity contribution in [3.05, 3.63) is 24.3 Å². The van der Waals surface area contributed by atoms with Crippen LogP contribution < -0.4 is 15.8 Å². The number of rotatable bonds is 7. The molecule has 0 fully saturated rings. The molecule has 0 bridgehead atoms. The van der Waals surface area contributed by atoms with Crippen molar-refractivity contribution < 1.29 is 14.7 Å². The quantitative estimate of drug-likeness (QED) is 0.311. The molecule has 0 aromatic heterocycles. The zero-order chi connectivity index (χ0) is 15.8. The zero-order valence-electron chi connectivity index (χ0n) is 12.7. The highest BCUT2D eigenvalue weighted by atomic mass is 16.5. The molecule has 116 valence electrons. The van der Waals surface area contributed by atoms with Gasteiger partial charge in [0.1, 0.15) is 11.7 Å². The molecule has 0 saturated carbocycles. The number of nitrogens with two attached hydrogens (primary N) is 1. The van der Waals surface area contributed by atoms with Gasteiger partial charge in [0.25, 0.3) is 0 Å². The molecule has 21 heavy (non-hydrogen) atoms.